The average Bonchev–Trinajstić information content (AvgIpc) is 2.97. The molecule has 1 aromatic rings. The molecule has 21 heavy (non-hydrogen) atoms. The molecule has 0 aliphatic carbocycles. The minimum Gasteiger partial charge on any atom is -0.376 e. The van der Waals surface area contributed by atoms with Crippen LogP contribution in [0.25, 0.3) is 0 Å². The summed E-state index contributed by atoms with van der Waals surface area (Å²) in [4.78, 5) is 14.1. The van der Waals surface area contributed by atoms with Gasteiger partial charge in [-0.25, -0.2) is 4.39 Å². The smallest absolute Gasteiger partial charge is 0.223 e. The van der Waals surface area contributed by atoms with Crippen molar-refractivity contribution in [3.05, 3.63) is 35.6 Å². The molecule has 1 saturated heterocycles. The first-order chi connectivity index (χ1) is 10.2. The van der Waals surface area contributed by atoms with Crippen LogP contribution < -0.4 is 5.73 Å². The van der Waals surface area contributed by atoms with Gasteiger partial charge < -0.3 is 15.4 Å². The summed E-state index contributed by atoms with van der Waals surface area (Å²) < 4.78 is 18.9. The maximum Gasteiger partial charge on any atom is 0.223 e. The second kappa shape index (κ2) is 8.10. The second-order valence-corrected chi connectivity index (χ2v) is 5.43. The van der Waals surface area contributed by atoms with Crippen LogP contribution in [-0.2, 0) is 16.1 Å². The monoisotopic (exact) mass is 294 g/mol. The molecule has 0 bridgehead atoms. The Morgan fingerprint density at radius 1 is 1.48 bits per heavy atom. The fraction of sp³-hybridized carbons (Fsp3) is 0.562. The van der Waals surface area contributed by atoms with E-state index in [2.05, 4.69) is 0 Å². The standard InChI is InChI=1S/C16H23FN2O2/c17-14-5-1-4-13(10-14)11-19(16(20)7-2-8-18)12-15-6-3-9-21-15/h1,4-5,10,15H,2-3,6-9,11-12,18H2. The zero-order chi connectivity index (χ0) is 15.1. The molecule has 2 N–H and O–H groups in total. The first-order valence-corrected chi connectivity index (χ1v) is 7.53. The number of ether oxygens (including phenoxy) is 1. The van der Waals surface area contributed by atoms with Crippen LogP contribution in [0.3, 0.4) is 0 Å². The fourth-order valence-corrected chi connectivity index (χ4v) is 2.56. The molecule has 116 valence electrons. The molecule has 0 spiro atoms. The highest BCUT2D eigenvalue weighted by molar-refractivity contribution is 5.76. The summed E-state index contributed by atoms with van der Waals surface area (Å²) in [5.74, 6) is -0.223. The number of nitrogens with zero attached hydrogens (tertiary/aromatic N) is 1. The molecule has 2 rings (SSSR count). The van der Waals surface area contributed by atoms with E-state index in [1.807, 2.05) is 6.07 Å². The van der Waals surface area contributed by atoms with Crippen molar-refractivity contribution in [3.8, 4) is 0 Å². The Labute approximate surface area is 125 Å². The predicted molar refractivity (Wildman–Crippen MR) is 79.1 cm³/mol. The molecule has 5 heteroatoms. The highest BCUT2D eigenvalue weighted by atomic mass is 19.1. The van der Waals surface area contributed by atoms with Crippen molar-refractivity contribution < 1.29 is 13.9 Å². The van der Waals surface area contributed by atoms with E-state index < -0.39 is 0 Å². The lowest BCUT2D eigenvalue weighted by Crippen LogP contribution is -2.37. The quantitative estimate of drug-likeness (QED) is 0.837. The maximum absolute atomic E-state index is 13.3. The van der Waals surface area contributed by atoms with Gasteiger partial charge in [0, 0.05) is 26.1 Å². The number of halogens is 1. The maximum atomic E-state index is 13.3. The molecule has 1 heterocycles. The Morgan fingerprint density at radius 2 is 2.33 bits per heavy atom. The number of carbonyl (C=O) groups excluding carboxylic acids is 1. The number of rotatable bonds is 7. The zero-order valence-electron chi connectivity index (χ0n) is 12.3. The lowest BCUT2D eigenvalue weighted by Gasteiger charge is -2.25. The molecule has 0 saturated carbocycles. The molecule has 1 aliphatic rings. The number of carbonyl (C=O) groups is 1. The van der Waals surface area contributed by atoms with E-state index in [1.165, 1.54) is 12.1 Å². The molecule has 4 nitrogen and oxygen atoms in total. The van der Waals surface area contributed by atoms with E-state index >= 15 is 0 Å². The van der Waals surface area contributed by atoms with Crippen molar-refractivity contribution >= 4 is 5.91 Å². The van der Waals surface area contributed by atoms with E-state index in [-0.39, 0.29) is 17.8 Å². The molecule has 1 atom stereocenters. The van der Waals surface area contributed by atoms with Crippen LogP contribution >= 0.6 is 0 Å². The van der Waals surface area contributed by atoms with Gasteiger partial charge in [0.25, 0.3) is 0 Å². The molecule has 1 unspecified atom stereocenters. The second-order valence-electron chi connectivity index (χ2n) is 5.43. The molecular weight excluding hydrogens is 271 g/mol. The van der Waals surface area contributed by atoms with Gasteiger partial charge in [-0.05, 0) is 43.5 Å². The number of nitrogens with two attached hydrogens (primary N) is 1. The van der Waals surface area contributed by atoms with Gasteiger partial charge in [-0.3, -0.25) is 4.79 Å². The third kappa shape index (κ3) is 5.10. The Bertz CT molecular complexity index is 461. The normalized spacial score (nSPS) is 17.9. The van der Waals surface area contributed by atoms with Crippen LogP contribution in [0.2, 0.25) is 0 Å². The van der Waals surface area contributed by atoms with Gasteiger partial charge in [-0.15, -0.1) is 0 Å². The van der Waals surface area contributed by atoms with Crippen molar-refractivity contribution in [2.75, 3.05) is 19.7 Å². The molecule has 1 fully saturated rings. The average molecular weight is 294 g/mol. The van der Waals surface area contributed by atoms with Gasteiger partial charge >= 0.3 is 0 Å². The lowest BCUT2D eigenvalue weighted by molar-refractivity contribution is -0.133. The topological polar surface area (TPSA) is 55.6 Å². The van der Waals surface area contributed by atoms with Gasteiger partial charge in [-0.2, -0.15) is 0 Å². The first-order valence-electron chi connectivity index (χ1n) is 7.53. The molecule has 1 amide bonds. The summed E-state index contributed by atoms with van der Waals surface area (Å²) in [7, 11) is 0. The summed E-state index contributed by atoms with van der Waals surface area (Å²) in [6.07, 6.45) is 3.21. The number of hydrogen-bond donors (Lipinski definition) is 1. The number of amides is 1. The highest BCUT2D eigenvalue weighted by Gasteiger charge is 2.22. The lowest BCUT2D eigenvalue weighted by atomic mass is 10.1. The minimum atomic E-state index is -0.279. The highest BCUT2D eigenvalue weighted by Crippen LogP contribution is 2.16. The van der Waals surface area contributed by atoms with Crippen molar-refractivity contribution in [1.82, 2.24) is 4.90 Å². The molecule has 1 aliphatic heterocycles. The Balaban J connectivity index is 2.01. The minimum absolute atomic E-state index is 0.0558. The van der Waals surface area contributed by atoms with Crippen LogP contribution in [0.5, 0.6) is 0 Å². The van der Waals surface area contributed by atoms with E-state index in [9.17, 15) is 9.18 Å². The van der Waals surface area contributed by atoms with E-state index in [4.69, 9.17) is 10.5 Å². The summed E-state index contributed by atoms with van der Waals surface area (Å²) in [5, 5.41) is 0. The van der Waals surface area contributed by atoms with Crippen molar-refractivity contribution in [1.29, 1.82) is 0 Å². The Morgan fingerprint density at radius 3 is 3.00 bits per heavy atom. The summed E-state index contributed by atoms with van der Waals surface area (Å²) in [6, 6.07) is 6.38. The fourth-order valence-electron chi connectivity index (χ4n) is 2.56. The van der Waals surface area contributed by atoms with Crippen LogP contribution in [0.1, 0.15) is 31.2 Å². The van der Waals surface area contributed by atoms with Crippen molar-refractivity contribution in [3.63, 3.8) is 0 Å². The summed E-state index contributed by atoms with van der Waals surface area (Å²) >= 11 is 0. The largest absolute Gasteiger partial charge is 0.376 e. The van der Waals surface area contributed by atoms with Gasteiger partial charge in [0.1, 0.15) is 5.82 Å². The number of hydrogen-bond acceptors (Lipinski definition) is 3. The van der Waals surface area contributed by atoms with E-state index in [0.29, 0.717) is 32.5 Å². The van der Waals surface area contributed by atoms with E-state index in [0.717, 1.165) is 25.0 Å². The van der Waals surface area contributed by atoms with Gasteiger partial charge in [0.05, 0.1) is 6.10 Å². The van der Waals surface area contributed by atoms with Crippen molar-refractivity contribution in [2.24, 2.45) is 5.73 Å². The summed E-state index contributed by atoms with van der Waals surface area (Å²) in [5.41, 5.74) is 6.27. The molecular formula is C16H23FN2O2. The van der Waals surface area contributed by atoms with Gasteiger partial charge in [-0.1, -0.05) is 12.1 Å². The molecule has 0 aromatic heterocycles. The van der Waals surface area contributed by atoms with Crippen LogP contribution in [0.4, 0.5) is 4.39 Å². The van der Waals surface area contributed by atoms with Crippen LogP contribution in [-0.4, -0.2) is 36.6 Å². The van der Waals surface area contributed by atoms with Crippen molar-refractivity contribution in [2.45, 2.75) is 38.3 Å². The van der Waals surface area contributed by atoms with E-state index in [1.54, 1.807) is 11.0 Å². The SMILES string of the molecule is NCCCC(=O)N(Cc1cccc(F)c1)CC1CCCO1. The number of benzene rings is 1. The summed E-state index contributed by atoms with van der Waals surface area (Å²) in [6.45, 7) is 2.25. The first kappa shape index (κ1) is 15.9. The van der Waals surface area contributed by atoms with Gasteiger partial charge in [0.15, 0.2) is 0 Å². The Kier molecular flexibility index (Phi) is 6.14. The predicted octanol–water partition coefficient (Wildman–Crippen LogP) is 2.07. The molecule has 1 aromatic carbocycles. The third-order valence-electron chi connectivity index (χ3n) is 3.66. The van der Waals surface area contributed by atoms with Crippen LogP contribution in [0.15, 0.2) is 24.3 Å². The Hall–Kier alpha value is -1.46. The van der Waals surface area contributed by atoms with Crippen LogP contribution in [0, 0.1) is 5.82 Å². The van der Waals surface area contributed by atoms with Gasteiger partial charge in [0.2, 0.25) is 5.91 Å². The third-order valence-corrected chi connectivity index (χ3v) is 3.66. The molecule has 0 radical (unpaired) electrons. The zero-order valence-corrected chi connectivity index (χ0v) is 12.3.